The number of hydrogen-bond donors (Lipinski definition) is 1. The number of imidazole rings is 1. The lowest BCUT2D eigenvalue weighted by Crippen LogP contribution is -2.21. The molecule has 3 aromatic heterocycles. The van der Waals surface area contributed by atoms with E-state index in [-0.39, 0.29) is 0 Å². The summed E-state index contributed by atoms with van der Waals surface area (Å²) in [4.78, 5) is 4.55. The topological polar surface area (TPSA) is 60.0 Å². The van der Waals surface area contributed by atoms with Gasteiger partial charge in [0.1, 0.15) is 5.65 Å². The first-order valence-corrected chi connectivity index (χ1v) is 6.76. The standard InChI is InChI=1S/C14H18N6/c1-11(2)15-7-12-9-20(18-17-12)10-13-8-19-6-4-3-5-14(19)16-13/h3-6,8-9,11,15H,7,10H2,1-2H3. The third-order valence-corrected chi connectivity index (χ3v) is 3.02. The van der Waals surface area contributed by atoms with Crippen LogP contribution in [0.4, 0.5) is 0 Å². The summed E-state index contributed by atoms with van der Waals surface area (Å²) >= 11 is 0. The fourth-order valence-corrected chi connectivity index (χ4v) is 2.03. The minimum absolute atomic E-state index is 0.443. The molecule has 3 aromatic rings. The molecule has 0 aliphatic rings. The third-order valence-electron chi connectivity index (χ3n) is 3.02. The van der Waals surface area contributed by atoms with Crippen LogP contribution < -0.4 is 5.32 Å². The van der Waals surface area contributed by atoms with Crippen molar-refractivity contribution in [3.63, 3.8) is 0 Å². The Balaban J connectivity index is 1.71. The molecule has 0 amide bonds. The number of nitrogens with zero attached hydrogens (tertiary/aromatic N) is 5. The summed E-state index contributed by atoms with van der Waals surface area (Å²) in [6, 6.07) is 6.41. The van der Waals surface area contributed by atoms with Crippen molar-refractivity contribution in [2.45, 2.75) is 33.0 Å². The lowest BCUT2D eigenvalue weighted by molar-refractivity contribution is 0.580. The van der Waals surface area contributed by atoms with Crippen molar-refractivity contribution < 1.29 is 0 Å². The van der Waals surface area contributed by atoms with Crippen LogP contribution in [0, 0.1) is 0 Å². The van der Waals surface area contributed by atoms with Gasteiger partial charge in [-0.15, -0.1) is 5.10 Å². The molecule has 1 N–H and O–H groups in total. The Morgan fingerprint density at radius 1 is 1.20 bits per heavy atom. The molecule has 0 bridgehead atoms. The average molecular weight is 270 g/mol. The predicted octanol–water partition coefficient (Wildman–Crippen LogP) is 1.47. The molecule has 0 aliphatic carbocycles. The number of hydrogen-bond acceptors (Lipinski definition) is 4. The summed E-state index contributed by atoms with van der Waals surface area (Å²) < 4.78 is 3.83. The molecule has 0 fully saturated rings. The quantitative estimate of drug-likeness (QED) is 0.762. The van der Waals surface area contributed by atoms with Gasteiger partial charge in [-0.25, -0.2) is 9.67 Å². The molecule has 0 saturated carbocycles. The van der Waals surface area contributed by atoms with Gasteiger partial charge in [0.25, 0.3) is 0 Å². The number of aromatic nitrogens is 5. The molecule has 6 nitrogen and oxygen atoms in total. The number of nitrogens with one attached hydrogen (secondary N) is 1. The maximum Gasteiger partial charge on any atom is 0.137 e. The molecule has 3 rings (SSSR count). The predicted molar refractivity (Wildman–Crippen MR) is 76.3 cm³/mol. The Labute approximate surface area is 117 Å². The van der Waals surface area contributed by atoms with E-state index < -0.39 is 0 Å². The van der Waals surface area contributed by atoms with E-state index in [0.29, 0.717) is 12.6 Å². The van der Waals surface area contributed by atoms with Crippen molar-refractivity contribution in [1.82, 2.24) is 29.7 Å². The summed E-state index contributed by atoms with van der Waals surface area (Å²) in [5.74, 6) is 0. The van der Waals surface area contributed by atoms with Crippen molar-refractivity contribution in [1.29, 1.82) is 0 Å². The molecule has 0 aliphatic heterocycles. The molecule has 0 spiro atoms. The molecular formula is C14H18N6. The molecular weight excluding hydrogens is 252 g/mol. The van der Waals surface area contributed by atoms with Gasteiger partial charge < -0.3 is 9.72 Å². The molecule has 3 heterocycles. The fourth-order valence-electron chi connectivity index (χ4n) is 2.03. The van der Waals surface area contributed by atoms with Gasteiger partial charge in [-0.1, -0.05) is 25.1 Å². The lowest BCUT2D eigenvalue weighted by atomic mass is 10.3. The SMILES string of the molecule is CC(C)NCc1cn(Cc2cn3ccccc3n2)nn1. The van der Waals surface area contributed by atoms with Gasteiger partial charge in [-0.2, -0.15) is 0 Å². The monoisotopic (exact) mass is 270 g/mol. The highest BCUT2D eigenvalue weighted by Crippen LogP contribution is 2.06. The molecule has 0 atom stereocenters. The summed E-state index contributed by atoms with van der Waals surface area (Å²) in [7, 11) is 0. The first kappa shape index (κ1) is 12.8. The summed E-state index contributed by atoms with van der Waals surface area (Å²) in [5.41, 5.74) is 2.87. The van der Waals surface area contributed by atoms with Crippen molar-refractivity contribution in [2.24, 2.45) is 0 Å². The Bertz CT molecular complexity index is 663. The zero-order chi connectivity index (χ0) is 13.9. The second-order valence-corrected chi connectivity index (χ2v) is 5.14. The van der Waals surface area contributed by atoms with Crippen molar-refractivity contribution in [3.8, 4) is 0 Å². The molecule has 0 saturated heterocycles. The second kappa shape index (κ2) is 5.42. The Kier molecular flexibility index (Phi) is 3.47. The van der Waals surface area contributed by atoms with Crippen LogP contribution in [0.1, 0.15) is 25.2 Å². The highest BCUT2D eigenvalue weighted by atomic mass is 15.4. The molecule has 0 unspecified atom stereocenters. The van der Waals surface area contributed by atoms with Crippen LogP contribution in [0.15, 0.2) is 36.8 Å². The summed E-state index contributed by atoms with van der Waals surface area (Å²) in [5, 5.41) is 11.6. The van der Waals surface area contributed by atoms with Gasteiger partial charge in [0.05, 0.1) is 24.1 Å². The largest absolute Gasteiger partial charge is 0.309 e. The lowest BCUT2D eigenvalue weighted by Gasteiger charge is -2.03. The van der Waals surface area contributed by atoms with Crippen LogP contribution in [0.5, 0.6) is 0 Å². The highest BCUT2D eigenvalue weighted by Gasteiger charge is 2.05. The average Bonchev–Trinajstić information content (AvgIpc) is 3.02. The van der Waals surface area contributed by atoms with Gasteiger partial charge >= 0.3 is 0 Å². The zero-order valence-corrected chi connectivity index (χ0v) is 11.7. The normalized spacial score (nSPS) is 11.6. The van der Waals surface area contributed by atoms with E-state index in [4.69, 9.17) is 0 Å². The Hall–Kier alpha value is -2.21. The van der Waals surface area contributed by atoms with E-state index in [0.717, 1.165) is 23.6 Å². The number of rotatable bonds is 5. The number of fused-ring (bicyclic) bond motifs is 1. The van der Waals surface area contributed by atoms with E-state index in [9.17, 15) is 0 Å². The van der Waals surface area contributed by atoms with E-state index >= 15 is 0 Å². The Morgan fingerprint density at radius 2 is 2.10 bits per heavy atom. The molecule has 6 heteroatoms. The fraction of sp³-hybridized carbons (Fsp3) is 0.357. The van der Waals surface area contributed by atoms with Crippen LogP contribution in [0.3, 0.4) is 0 Å². The molecule has 0 radical (unpaired) electrons. The van der Waals surface area contributed by atoms with Crippen LogP contribution in [0.2, 0.25) is 0 Å². The number of pyridine rings is 1. The van der Waals surface area contributed by atoms with Crippen LogP contribution in [0.25, 0.3) is 5.65 Å². The van der Waals surface area contributed by atoms with Gasteiger partial charge in [0.2, 0.25) is 0 Å². The van der Waals surface area contributed by atoms with Crippen molar-refractivity contribution in [3.05, 3.63) is 48.2 Å². The van der Waals surface area contributed by atoms with Crippen molar-refractivity contribution in [2.75, 3.05) is 0 Å². The third kappa shape index (κ3) is 2.85. The summed E-state index contributed by atoms with van der Waals surface area (Å²) in [6.07, 6.45) is 5.97. The smallest absolute Gasteiger partial charge is 0.137 e. The first-order chi connectivity index (χ1) is 9.70. The van der Waals surface area contributed by atoms with Crippen LogP contribution in [-0.4, -0.2) is 30.4 Å². The minimum atomic E-state index is 0.443. The van der Waals surface area contributed by atoms with Gasteiger partial charge in [-0.05, 0) is 12.1 Å². The van der Waals surface area contributed by atoms with Crippen LogP contribution >= 0.6 is 0 Å². The first-order valence-electron chi connectivity index (χ1n) is 6.76. The van der Waals surface area contributed by atoms with Gasteiger partial charge in [0, 0.05) is 25.0 Å². The van der Waals surface area contributed by atoms with Gasteiger partial charge in [0.15, 0.2) is 0 Å². The maximum atomic E-state index is 4.55. The second-order valence-electron chi connectivity index (χ2n) is 5.14. The highest BCUT2D eigenvalue weighted by molar-refractivity contribution is 5.39. The van der Waals surface area contributed by atoms with E-state index in [2.05, 4.69) is 34.5 Å². The maximum absolute atomic E-state index is 4.55. The zero-order valence-electron chi connectivity index (χ0n) is 11.7. The molecule has 20 heavy (non-hydrogen) atoms. The van der Waals surface area contributed by atoms with E-state index in [1.807, 2.05) is 45.9 Å². The summed E-state index contributed by atoms with van der Waals surface area (Å²) in [6.45, 7) is 5.60. The van der Waals surface area contributed by atoms with E-state index in [1.165, 1.54) is 0 Å². The Morgan fingerprint density at radius 3 is 2.90 bits per heavy atom. The molecule has 104 valence electrons. The van der Waals surface area contributed by atoms with Gasteiger partial charge in [-0.3, -0.25) is 0 Å². The van der Waals surface area contributed by atoms with Crippen LogP contribution in [-0.2, 0) is 13.1 Å². The van der Waals surface area contributed by atoms with E-state index in [1.54, 1.807) is 0 Å². The van der Waals surface area contributed by atoms with Crippen molar-refractivity contribution >= 4 is 5.65 Å². The molecule has 0 aromatic carbocycles. The minimum Gasteiger partial charge on any atom is -0.309 e.